The summed E-state index contributed by atoms with van der Waals surface area (Å²) in [5.41, 5.74) is 2.05. The average molecular weight is 382 g/mol. The van der Waals surface area contributed by atoms with E-state index in [1.165, 1.54) is 12.1 Å². The summed E-state index contributed by atoms with van der Waals surface area (Å²) >= 11 is 0. The van der Waals surface area contributed by atoms with Crippen LogP contribution in [0.3, 0.4) is 0 Å². The van der Waals surface area contributed by atoms with Crippen LogP contribution in [0.2, 0.25) is 0 Å². The Labute approximate surface area is 166 Å². The molecular weight excluding hydrogens is 355 g/mol. The van der Waals surface area contributed by atoms with Crippen molar-refractivity contribution in [3.8, 4) is 11.5 Å². The minimum Gasteiger partial charge on any atom is -0.493 e. The largest absolute Gasteiger partial charge is 0.493 e. The van der Waals surface area contributed by atoms with Crippen molar-refractivity contribution < 1.29 is 13.9 Å². The lowest BCUT2D eigenvalue weighted by Gasteiger charge is -2.36. The molecule has 0 fully saturated rings. The number of allylic oxidation sites excluding steroid dienone is 1. The van der Waals surface area contributed by atoms with Crippen LogP contribution in [0, 0.1) is 5.82 Å². The summed E-state index contributed by atoms with van der Waals surface area (Å²) in [5.74, 6) is 1.39. The Morgan fingerprint density at radius 1 is 1.04 bits per heavy atom. The smallest absolute Gasteiger partial charge is 0.160 e. The molecule has 0 radical (unpaired) electrons. The van der Waals surface area contributed by atoms with Crippen molar-refractivity contribution in [1.29, 1.82) is 0 Å². The first-order valence-electron chi connectivity index (χ1n) is 9.37. The SMILES string of the molecule is COc1ccc([C@@H]2CC=C[C@H](N(C)C)C2N=Cc2ccc(F)cc2)cc1OC. The summed E-state index contributed by atoms with van der Waals surface area (Å²) in [5, 5.41) is 0. The van der Waals surface area contributed by atoms with E-state index in [9.17, 15) is 4.39 Å². The molecule has 0 amide bonds. The quantitative estimate of drug-likeness (QED) is 0.552. The van der Waals surface area contributed by atoms with E-state index >= 15 is 0 Å². The molecule has 0 aliphatic heterocycles. The van der Waals surface area contributed by atoms with E-state index in [0.29, 0.717) is 5.75 Å². The van der Waals surface area contributed by atoms with Crippen molar-refractivity contribution in [3.05, 3.63) is 71.6 Å². The number of rotatable bonds is 6. The predicted octanol–water partition coefficient (Wildman–Crippen LogP) is 4.30. The summed E-state index contributed by atoms with van der Waals surface area (Å²) in [6, 6.07) is 12.7. The first-order valence-corrected chi connectivity index (χ1v) is 9.37. The third-order valence-corrected chi connectivity index (χ3v) is 5.18. The zero-order chi connectivity index (χ0) is 20.1. The van der Waals surface area contributed by atoms with Crippen LogP contribution >= 0.6 is 0 Å². The van der Waals surface area contributed by atoms with E-state index in [0.717, 1.165) is 23.3 Å². The average Bonchev–Trinajstić information content (AvgIpc) is 2.72. The Balaban J connectivity index is 1.95. The molecule has 0 N–H and O–H groups in total. The van der Waals surface area contributed by atoms with Crippen LogP contribution in [-0.2, 0) is 0 Å². The van der Waals surface area contributed by atoms with Crippen LogP contribution in [0.5, 0.6) is 11.5 Å². The van der Waals surface area contributed by atoms with Gasteiger partial charge in [0.05, 0.1) is 26.3 Å². The first-order chi connectivity index (χ1) is 13.5. The number of benzene rings is 2. The van der Waals surface area contributed by atoms with Gasteiger partial charge >= 0.3 is 0 Å². The maximum atomic E-state index is 13.2. The highest BCUT2D eigenvalue weighted by molar-refractivity contribution is 5.79. The molecule has 0 heterocycles. The minimum absolute atomic E-state index is 0.0307. The third-order valence-electron chi connectivity index (χ3n) is 5.18. The summed E-state index contributed by atoms with van der Waals surface area (Å²) in [7, 11) is 7.41. The van der Waals surface area contributed by atoms with Crippen molar-refractivity contribution >= 4 is 6.21 Å². The normalized spacial score (nSPS) is 22.0. The van der Waals surface area contributed by atoms with Gasteiger partial charge in [0.2, 0.25) is 0 Å². The van der Waals surface area contributed by atoms with Crippen LogP contribution in [0.15, 0.2) is 59.6 Å². The van der Waals surface area contributed by atoms with Gasteiger partial charge in [-0.25, -0.2) is 4.39 Å². The van der Waals surface area contributed by atoms with Crippen molar-refractivity contribution in [3.63, 3.8) is 0 Å². The third kappa shape index (κ3) is 4.42. The van der Waals surface area contributed by atoms with E-state index in [1.807, 2.05) is 18.3 Å². The maximum Gasteiger partial charge on any atom is 0.160 e. The van der Waals surface area contributed by atoms with Crippen molar-refractivity contribution in [1.82, 2.24) is 4.90 Å². The van der Waals surface area contributed by atoms with Crippen LogP contribution < -0.4 is 9.47 Å². The topological polar surface area (TPSA) is 34.1 Å². The molecule has 1 aliphatic rings. The van der Waals surface area contributed by atoms with Gasteiger partial charge in [0.25, 0.3) is 0 Å². The molecule has 0 saturated carbocycles. The molecule has 1 unspecified atom stereocenters. The van der Waals surface area contributed by atoms with Gasteiger partial charge in [0.1, 0.15) is 5.82 Å². The molecule has 5 heteroatoms. The number of nitrogens with zero attached hydrogens (tertiary/aromatic N) is 2. The summed E-state index contributed by atoms with van der Waals surface area (Å²) in [6.07, 6.45) is 7.17. The Kier molecular flexibility index (Phi) is 6.47. The lowest BCUT2D eigenvalue weighted by atomic mass is 9.80. The Bertz CT molecular complexity index is 846. The highest BCUT2D eigenvalue weighted by Gasteiger charge is 2.32. The van der Waals surface area contributed by atoms with Crippen molar-refractivity contribution in [2.75, 3.05) is 28.3 Å². The fourth-order valence-corrected chi connectivity index (χ4v) is 3.66. The number of aliphatic imine (C=N–C) groups is 1. The van der Waals surface area contributed by atoms with Gasteiger partial charge in [-0.15, -0.1) is 0 Å². The first kappa shape index (κ1) is 20.1. The minimum atomic E-state index is -0.243. The van der Waals surface area contributed by atoms with Gasteiger partial charge in [0.15, 0.2) is 11.5 Å². The Morgan fingerprint density at radius 2 is 1.75 bits per heavy atom. The molecule has 0 bridgehead atoms. The highest BCUT2D eigenvalue weighted by atomic mass is 19.1. The zero-order valence-electron chi connectivity index (χ0n) is 16.8. The maximum absolute atomic E-state index is 13.2. The fraction of sp³-hybridized carbons (Fsp3) is 0.348. The number of halogens is 1. The van der Waals surface area contributed by atoms with Gasteiger partial charge in [-0.05, 0) is 55.9 Å². The van der Waals surface area contributed by atoms with Gasteiger partial charge in [0, 0.05) is 12.1 Å². The molecule has 0 aromatic heterocycles. The van der Waals surface area contributed by atoms with Gasteiger partial charge in [-0.3, -0.25) is 4.99 Å². The zero-order valence-corrected chi connectivity index (χ0v) is 16.8. The number of methoxy groups -OCH3 is 2. The molecular formula is C23H27FN2O2. The van der Waals surface area contributed by atoms with Gasteiger partial charge < -0.3 is 14.4 Å². The second kappa shape index (κ2) is 9.02. The summed E-state index contributed by atoms with van der Waals surface area (Å²) < 4.78 is 24.0. The monoisotopic (exact) mass is 382 g/mol. The standard InChI is InChI=1S/C23H27FN2O2/c1-26(2)20-7-5-6-19(17-10-13-21(27-3)22(14-17)28-4)23(20)25-15-16-8-11-18(24)12-9-16/h5,7-15,19-20,23H,6H2,1-4H3/t19-,20-,23?/m0/s1. The van der Waals surface area contributed by atoms with E-state index in [2.05, 4.69) is 37.2 Å². The van der Waals surface area contributed by atoms with E-state index in [-0.39, 0.29) is 23.8 Å². The van der Waals surface area contributed by atoms with Crippen LogP contribution in [-0.4, -0.2) is 51.5 Å². The second-order valence-corrected chi connectivity index (χ2v) is 7.16. The molecule has 0 saturated heterocycles. The number of hydrogen-bond acceptors (Lipinski definition) is 4. The molecule has 2 aromatic carbocycles. The van der Waals surface area contributed by atoms with E-state index < -0.39 is 0 Å². The lowest BCUT2D eigenvalue weighted by molar-refractivity contribution is 0.270. The van der Waals surface area contributed by atoms with E-state index in [1.54, 1.807) is 26.4 Å². The lowest BCUT2D eigenvalue weighted by Crippen LogP contribution is -2.42. The van der Waals surface area contributed by atoms with Crippen LogP contribution in [0.4, 0.5) is 4.39 Å². The molecule has 3 atom stereocenters. The predicted molar refractivity (Wildman–Crippen MR) is 111 cm³/mol. The van der Waals surface area contributed by atoms with Crippen molar-refractivity contribution in [2.45, 2.75) is 24.4 Å². The number of hydrogen-bond donors (Lipinski definition) is 0. The van der Waals surface area contributed by atoms with Crippen LogP contribution in [0.1, 0.15) is 23.5 Å². The molecule has 2 aromatic rings. The molecule has 28 heavy (non-hydrogen) atoms. The van der Waals surface area contributed by atoms with Crippen molar-refractivity contribution in [2.24, 2.45) is 4.99 Å². The van der Waals surface area contributed by atoms with Crippen LogP contribution in [0.25, 0.3) is 0 Å². The Hall–Kier alpha value is -2.66. The van der Waals surface area contributed by atoms with Gasteiger partial charge in [-0.2, -0.15) is 0 Å². The fourth-order valence-electron chi connectivity index (χ4n) is 3.66. The number of ether oxygens (including phenoxy) is 2. The Morgan fingerprint density at radius 3 is 2.39 bits per heavy atom. The second-order valence-electron chi connectivity index (χ2n) is 7.16. The summed E-state index contributed by atoms with van der Waals surface area (Å²) in [4.78, 5) is 7.11. The summed E-state index contributed by atoms with van der Waals surface area (Å²) in [6.45, 7) is 0. The van der Waals surface area contributed by atoms with E-state index in [4.69, 9.17) is 14.5 Å². The molecule has 0 spiro atoms. The molecule has 1 aliphatic carbocycles. The molecule has 3 rings (SSSR count). The number of likely N-dealkylation sites (N-methyl/N-ethyl adjacent to an activating group) is 1. The van der Waals surface area contributed by atoms with Gasteiger partial charge in [-0.1, -0.05) is 30.4 Å². The highest BCUT2D eigenvalue weighted by Crippen LogP contribution is 2.37. The molecule has 148 valence electrons. The molecule has 4 nitrogen and oxygen atoms in total.